The van der Waals surface area contributed by atoms with Crippen LogP contribution in [0, 0.1) is 0 Å². The van der Waals surface area contributed by atoms with Crippen molar-refractivity contribution < 1.29 is 18.7 Å². The van der Waals surface area contributed by atoms with Crippen molar-refractivity contribution in [2.24, 2.45) is 0 Å². The van der Waals surface area contributed by atoms with Crippen LogP contribution in [0.4, 0.5) is 4.79 Å². The fourth-order valence-corrected chi connectivity index (χ4v) is 3.83. The van der Waals surface area contributed by atoms with Crippen LogP contribution < -0.4 is 14.9 Å². The Hall–Kier alpha value is -3.32. The van der Waals surface area contributed by atoms with Crippen molar-refractivity contribution in [1.82, 2.24) is 4.90 Å². The van der Waals surface area contributed by atoms with Gasteiger partial charge in [0.25, 0.3) is 0 Å². The molecule has 0 N–H and O–H groups in total. The number of fused-ring (bicyclic) bond motifs is 2. The molecule has 142 valence electrons. The van der Waals surface area contributed by atoms with Crippen molar-refractivity contribution in [3.05, 3.63) is 58.1 Å². The number of hydrogen-bond acceptors (Lipinski definition) is 6. The molecule has 1 amide bonds. The van der Waals surface area contributed by atoms with E-state index in [-0.39, 0.29) is 16.9 Å². The zero-order valence-electron chi connectivity index (χ0n) is 15.5. The fourth-order valence-electron chi connectivity index (χ4n) is 2.89. The number of rotatable bonds is 3. The van der Waals surface area contributed by atoms with Crippen molar-refractivity contribution in [2.75, 3.05) is 21.2 Å². The molecule has 2 heterocycles. The summed E-state index contributed by atoms with van der Waals surface area (Å²) in [5.74, 6) is 0.608. The summed E-state index contributed by atoms with van der Waals surface area (Å²) in [7, 11) is 4.61. The number of amides is 1. The first-order valence-electron chi connectivity index (χ1n) is 8.50. The second-order valence-corrected chi connectivity index (χ2v) is 7.27. The van der Waals surface area contributed by atoms with Crippen molar-refractivity contribution in [1.29, 1.82) is 0 Å². The van der Waals surface area contributed by atoms with Gasteiger partial charge in [0.2, 0.25) is 11.2 Å². The van der Waals surface area contributed by atoms with Gasteiger partial charge in [-0.3, -0.25) is 4.79 Å². The number of hydrogen-bond donors (Lipinski definition) is 0. The van der Waals surface area contributed by atoms with E-state index in [1.165, 1.54) is 23.3 Å². The quantitative estimate of drug-likeness (QED) is 0.501. The number of carbonyl (C=O) groups excluding carboxylic acids is 1. The highest BCUT2D eigenvalue weighted by molar-refractivity contribution is 7.17. The highest BCUT2D eigenvalue weighted by atomic mass is 32.1. The fraction of sp³-hybridized carbons (Fsp3) is 0.143. The first-order chi connectivity index (χ1) is 13.5. The predicted octanol–water partition coefficient (Wildman–Crippen LogP) is 4.74. The van der Waals surface area contributed by atoms with Gasteiger partial charge in [-0.05, 0) is 24.3 Å². The third-order valence-electron chi connectivity index (χ3n) is 4.34. The SMILES string of the molecule is COc1ccc2oc(-c3csc4ccccc34)c(OC(=O)N(C)C)c(=O)c2c1. The van der Waals surface area contributed by atoms with Crippen molar-refractivity contribution >= 4 is 38.5 Å². The molecular weight excluding hydrogens is 378 g/mol. The third-order valence-corrected chi connectivity index (χ3v) is 5.30. The Balaban J connectivity index is 2.03. The Morgan fingerprint density at radius 3 is 2.64 bits per heavy atom. The van der Waals surface area contributed by atoms with E-state index < -0.39 is 11.5 Å². The largest absolute Gasteiger partial charge is 0.497 e. The van der Waals surface area contributed by atoms with E-state index in [4.69, 9.17) is 13.9 Å². The predicted molar refractivity (Wildman–Crippen MR) is 110 cm³/mol. The van der Waals surface area contributed by atoms with Gasteiger partial charge in [-0.15, -0.1) is 11.3 Å². The normalized spacial score (nSPS) is 11.0. The average Bonchev–Trinajstić information content (AvgIpc) is 3.13. The Morgan fingerprint density at radius 2 is 1.89 bits per heavy atom. The van der Waals surface area contributed by atoms with E-state index in [1.54, 1.807) is 32.3 Å². The number of benzene rings is 2. The van der Waals surface area contributed by atoms with Crippen molar-refractivity contribution in [2.45, 2.75) is 0 Å². The van der Waals surface area contributed by atoms with Gasteiger partial charge in [0, 0.05) is 35.1 Å². The summed E-state index contributed by atoms with van der Waals surface area (Å²) < 4.78 is 17.7. The molecule has 2 aromatic heterocycles. The summed E-state index contributed by atoms with van der Waals surface area (Å²) in [6.07, 6.45) is -0.657. The minimum Gasteiger partial charge on any atom is -0.497 e. The van der Waals surface area contributed by atoms with Crippen LogP contribution in [0.5, 0.6) is 11.5 Å². The lowest BCUT2D eigenvalue weighted by molar-refractivity contribution is 0.171. The Kier molecular flexibility index (Phi) is 4.52. The van der Waals surface area contributed by atoms with Crippen LogP contribution in [0.3, 0.4) is 0 Å². The van der Waals surface area contributed by atoms with Gasteiger partial charge >= 0.3 is 6.09 Å². The molecule has 7 heteroatoms. The highest BCUT2D eigenvalue weighted by Crippen LogP contribution is 2.39. The van der Waals surface area contributed by atoms with Crippen molar-refractivity contribution in [3.63, 3.8) is 0 Å². The topological polar surface area (TPSA) is 69.0 Å². The van der Waals surface area contributed by atoms with Gasteiger partial charge in [-0.2, -0.15) is 0 Å². The highest BCUT2D eigenvalue weighted by Gasteiger charge is 2.23. The lowest BCUT2D eigenvalue weighted by atomic mass is 10.1. The Labute approximate surface area is 164 Å². The molecule has 0 bridgehead atoms. The van der Waals surface area contributed by atoms with Crippen LogP contribution in [0.1, 0.15) is 0 Å². The monoisotopic (exact) mass is 395 g/mol. The number of nitrogens with zero attached hydrogens (tertiary/aromatic N) is 1. The van der Waals surface area contributed by atoms with E-state index in [2.05, 4.69) is 0 Å². The zero-order chi connectivity index (χ0) is 19.8. The molecular formula is C21H17NO5S. The first kappa shape index (κ1) is 18.1. The van der Waals surface area contributed by atoms with Gasteiger partial charge in [-0.25, -0.2) is 4.79 Å². The molecule has 0 spiro atoms. The molecule has 0 aliphatic rings. The smallest absolute Gasteiger partial charge is 0.414 e. The maximum absolute atomic E-state index is 13.2. The number of thiophene rings is 1. The molecule has 28 heavy (non-hydrogen) atoms. The first-order valence-corrected chi connectivity index (χ1v) is 9.38. The molecule has 0 radical (unpaired) electrons. The van der Waals surface area contributed by atoms with E-state index in [1.807, 2.05) is 29.6 Å². The molecule has 0 saturated heterocycles. The van der Waals surface area contributed by atoms with Gasteiger partial charge in [-0.1, -0.05) is 18.2 Å². The average molecular weight is 395 g/mol. The van der Waals surface area contributed by atoms with Gasteiger partial charge in [0.1, 0.15) is 11.3 Å². The molecule has 6 nitrogen and oxygen atoms in total. The van der Waals surface area contributed by atoms with E-state index in [0.717, 1.165) is 10.1 Å². The maximum atomic E-state index is 13.2. The van der Waals surface area contributed by atoms with Crippen molar-refractivity contribution in [3.8, 4) is 22.8 Å². The Bertz CT molecular complexity index is 1250. The summed E-state index contributed by atoms with van der Waals surface area (Å²) >= 11 is 1.53. The molecule has 0 unspecified atom stereocenters. The van der Waals surface area contributed by atoms with Crippen LogP contribution in [0.25, 0.3) is 32.4 Å². The Morgan fingerprint density at radius 1 is 1.11 bits per heavy atom. The molecule has 0 saturated carbocycles. The standard InChI is InChI=1S/C21H17NO5S/c1-22(2)21(24)27-20-18(23)14-10-12(25-3)8-9-16(14)26-19(20)15-11-28-17-7-5-4-6-13(15)17/h4-11H,1-3H3. The van der Waals surface area contributed by atoms with Crippen LogP contribution >= 0.6 is 11.3 Å². The lowest BCUT2D eigenvalue weighted by Gasteiger charge is -2.13. The minimum absolute atomic E-state index is 0.136. The molecule has 4 aromatic rings. The van der Waals surface area contributed by atoms with Crippen LogP contribution in [0.2, 0.25) is 0 Å². The molecule has 0 aliphatic carbocycles. The lowest BCUT2D eigenvalue weighted by Crippen LogP contribution is -2.27. The molecule has 0 fully saturated rings. The summed E-state index contributed by atoms with van der Waals surface area (Å²) in [6, 6.07) is 12.7. The summed E-state index contributed by atoms with van der Waals surface area (Å²) in [5, 5.41) is 3.10. The molecule has 2 aromatic carbocycles. The molecule has 0 aliphatic heterocycles. The second-order valence-electron chi connectivity index (χ2n) is 6.36. The second kappa shape index (κ2) is 7.01. The maximum Gasteiger partial charge on any atom is 0.414 e. The number of carbonyl (C=O) groups is 1. The number of ether oxygens (including phenoxy) is 2. The van der Waals surface area contributed by atoms with E-state index >= 15 is 0 Å². The van der Waals surface area contributed by atoms with Gasteiger partial charge < -0.3 is 18.8 Å². The third kappa shape index (κ3) is 2.99. The summed E-state index contributed by atoms with van der Waals surface area (Å²) in [4.78, 5) is 26.7. The molecule has 4 rings (SSSR count). The summed E-state index contributed by atoms with van der Waals surface area (Å²) in [6.45, 7) is 0. The van der Waals surface area contributed by atoms with E-state index in [0.29, 0.717) is 16.9 Å². The number of methoxy groups -OCH3 is 1. The van der Waals surface area contributed by atoms with Crippen LogP contribution in [-0.2, 0) is 0 Å². The zero-order valence-corrected chi connectivity index (χ0v) is 16.3. The van der Waals surface area contributed by atoms with Gasteiger partial charge in [0.15, 0.2) is 5.76 Å². The van der Waals surface area contributed by atoms with E-state index in [9.17, 15) is 9.59 Å². The van der Waals surface area contributed by atoms with Crippen LogP contribution in [0.15, 0.2) is 57.1 Å². The summed E-state index contributed by atoms with van der Waals surface area (Å²) in [5.41, 5.74) is 0.665. The van der Waals surface area contributed by atoms with Gasteiger partial charge in [0.05, 0.1) is 12.5 Å². The van der Waals surface area contributed by atoms with Crippen LogP contribution in [-0.4, -0.2) is 32.2 Å². The minimum atomic E-state index is -0.657. The molecule has 0 atom stereocenters.